The molecule has 2 N–H and O–H groups in total. The summed E-state index contributed by atoms with van der Waals surface area (Å²) in [6, 6.07) is 5.16. The molecule has 5 nitrogen and oxygen atoms in total. The molecule has 0 saturated carbocycles. The molecule has 0 amide bonds. The van der Waals surface area contributed by atoms with Crippen molar-refractivity contribution in [3.8, 4) is 11.1 Å². The van der Waals surface area contributed by atoms with Crippen LogP contribution in [0.5, 0.6) is 0 Å². The van der Waals surface area contributed by atoms with E-state index >= 15 is 0 Å². The molecule has 0 radical (unpaired) electrons. The zero-order chi connectivity index (χ0) is 13.5. The van der Waals surface area contributed by atoms with Gasteiger partial charge in [0.1, 0.15) is 5.82 Å². The molecule has 1 aromatic carbocycles. The van der Waals surface area contributed by atoms with Crippen LogP contribution in [-0.2, 0) is 16.9 Å². The third-order valence-electron chi connectivity index (χ3n) is 2.87. The SMILES string of the molecule is Cc1cc(-c2cnn(C)c2N)ccc1S(C)(=O)=O. The maximum Gasteiger partial charge on any atom is 0.175 e. The van der Waals surface area contributed by atoms with Gasteiger partial charge in [0.15, 0.2) is 9.84 Å². The maximum absolute atomic E-state index is 11.5. The fraction of sp³-hybridized carbons (Fsp3) is 0.250. The van der Waals surface area contributed by atoms with Gasteiger partial charge >= 0.3 is 0 Å². The van der Waals surface area contributed by atoms with Crippen molar-refractivity contribution < 1.29 is 8.42 Å². The Labute approximate surface area is 106 Å². The number of rotatable bonds is 2. The Kier molecular flexibility index (Phi) is 2.90. The molecule has 0 bridgehead atoms. The van der Waals surface area contributed by atoms with Gasteiger partial charge in [0.25, 0.3) is 0 Å². The Hall–Kier alpha value is -1.82. The standard InChI is InChI=1S/C12H15N3O2S/c1-8-6-9(4-5-11(8)18(3,16)17)10-7-14-15(2)12(10)13/h4-7H,13H2,1-3H3. The smallest absolute Gasteiger partial charge is 0.175 e. The lowest BCUT2D eigenvalue weighted by atomic mass is 10.1. The van der Waals surface area contributed by atoms with Crippen molar-refractivity contribution >= 4 is 15.7 Å². The predicted octanol–water partition coefficient (Wildman–Crippen LogP) is 1.38. The summed E-state index contributed by atoms with van der Waals surface area (Å²) in [6.07, 6.45) is 2.87. The number of sulfone groups is 1. The second kappa shape index (κ2) is 4.13. The molecule has 0 aliphatic heterocycles. The van der Waals surface area contributed by atoms with Gasteiger partial charge in [-0.3, -0.25) is 4.68 Å². The quantitative estimate of drug-likeness (QED) is 0.889. The monoisotopic (exact) mass is 265 g/mol. The first-order valence-electron chi connectivity index (χ1n) is 5.39. The number of aryl methyl sites for hydroxylation is 2. The van der Waals surface area contributed by atoms with E-state index in [2.05, 4.69) is 5.10 Å². The third-order valence-corrected chi connectivity index (χ3v) is 4.13. The minimum absolute atomic E-state index is 0.341. The van der Waals surface area contributed by atoms with Gasteiger partial charge in [0, 0.05) is 18.9 Å². The molecule has 0 fully saturated rings. The molecule has 0 spiro atoms. The van der Waals surface area contributed by atoms with Gasteiger partial charge in [-0.25, -0.2) is 8.42 Å². The summed E-state index contributed by atoms with van der Waals surface area (Å²) in [6.45, 7) is 1.77. The second-order valence-electron chi connectivity index (χ2n) is 4.32. The largest absolute Gasteiger partial charge is 0.383 e. The zero-order valence-corrected chi connectivity index (χ0v) is 11.3. The average Bonchev–Trinajstić information content (AvgIpc) is 2.58. The first-order chi connectivity index (χ1) is 8.30. The molecule has 96 valence electrons. The van der Waals surface area contributed by atoms with Gasteiger partial charge in [-0.2, -0.15) is 5.10 Å². The van der Waals surface area contributed by atoms with Crippen molar-refractivity contribution in [2.75, 3.05) is 12.0 Å². The Balaban J connectivity index is 2.57. The lowest BCUT2D eigenvalue weighted by molar-refractivity contribution is 0.601. The van der Waals surface area contributed by atoms with Crippen LogP contribution in [0.2, 0.25) is 0 Å². The summed E-state index contributed by atoms with van der Waals surface area (Å²) >= 11 is 0. The number of nitrogens with two attached hydrogens (primary N) is 1. The van der Waals surface area contributed by atoms with Crippen molar-refractivity contribution in [3.63, 3.8) is 0 Å². The number of anilines is 1. The molecular formula is C12H15N3O2S. The Bertz CT molecular complexity index is 702. The van der Waals surface area contributed by atoms with Crippen LogP contribution in [0.4, 0.5) is 5.82 Å². The van der Waals surface area contributed by atoms with E-state index in [4.69, 9.17) is 5.73 Å². The summed E-state index contributed by atoms with van der Waals surface area (Å²) in [5, 5.41) is 4.07. The highest BCUT2D eigenvalue weighted by atomic mass is 32.2. The summed E-state index contributed by atoms with van der Waals surface area (Å²) in [5.74, 6) is 0.557. The van der Waals surface area contributed by atoms with E-state index in [1.807, 2.05) is 6.07 Å². The summed E-state index contributed by atoms with van der Waals surface area (Å²) in [4.78, 5) is 0.341. The fourth-order valence-electron chi connectivity index (χ4n) is 1.90. The molecule has 2 rings (SSSR count). The van der Waals surface area contributed by atoms with E-state index < -0.39 is 9.84 Å². The minimum atomic E-state index is -3.19. The molecule has 1 heterocycles. The van der Waals surface area contributed by atoms with Crippen molar-refractivity contribution in [2.24, 2.45) is 7.05 Å². The van der Waals surface area contributed by atoms with Crippen molar-refractivity contribution in [1.82, 2.24) is 9.78 Å². The average molecular weight is 265 g/mol. The Morgan fingerprint density at radius 3 is 2.44 bits per heavy atom. The van der Waals surface area contributed by atoms with Crippen LogP contribution in [0.1, 0.15) is 5.56 Å². The molecule has 1 aromatic heterocycles. The zero-order valence-electron chi connectivity index (χ0n) is 10.5. The highest BCUT2D eigenvalue weighted by Gasteiger charge is 2.13. The minimum Gasteiger partial charge on any atom is -0.383 e. The Morgan fingerprint density at radius 2 is 2.00 bits per heavy atom. The molecule has 2 aromatic rings. The van der Waals surface area contributed by atoms with Crippen LogP contribution >= 0.6 is 0 Å². The molecule has 18 heavy (non-hydrogen) atoms. The maximum atomic E-state index is 11.5. The van der Waals surface area contributed by atoms with Gasteiger partial charge in [-0.1, -0.05) is 6.07 Å². The summed E-state index contributed by atoms with van der Waals surface area (Å²) < 4.78 is 24.6. The molecule has 6 heteroatoms. The predicted molar refractivity (Wildman–Crippen MR) is 70.9 cm³/mol. The molecular weight excluding hydrogens is 250 g/mol. The highest BCUT2D eigenvalue weighted by molar-refractivity contribution is 7.90. The van der Waals surface area contributed by atoms with E-state index in [0.29, 0.717) is 16.3 Å². The van der Waals surface area contributed by atoms with Crippen LogP contribution in [0, 0.1) is 6.92 Å². The highest BCUT2D eigenvalue weighted by Crippen LogP contribution is 2.28. The summed E-state index contributed by atoms with van der Waals surface area (Å²) in [7, 11) is -1.43. The second-order valence-corrected chi connectivity index (χ2v) is 6.30. The van der Waals surface area contributed by atoms with E-state index in [1.54, 1.807) is 37.0 Å². The number of hydrogen-bond acceptors (Lipinski definition) is 4. The van der Waals surface area contributed by atoms with Crippen LogP contribution in [0.15, 0.2) is 29.3 Å². The lowest BCUT2D eigenvalue weighted by Crippen LogP contribution is -2.01. The number of nitrogen functional groups attached to an aromatic ring is 1. The van der Waals surface area contributed by atoms with Crippen LogP contribution < -0.4 is 5.73 Å². The number of hydrogen-bond donors (Lipinski definition) is 1. The Morgan fingerprint density at radius 1 is 1.33 bits per heavy atom. The van der Waals surface area contributed by atoms with E-state index in [1.165, 1.54) is 6.26 Å². The van der Waals surface area contributed by atoms with Crippen LogP contribution in [0.25, 0.3) is 11.1 Å². The van der Waals surface area contributed by atoms with E-state index in [0.717, 1.165) is 11.1 Å². The molecule has 0 saturated heterocycles. The van der Waals surface area contributed by atoms with Crippen molar-refractivity contribution in [3.05, 3.63) is 30.0 Å². The molecule has 0 unspecified atom stereocenters. The van der Waals surface area contributed by atoms with Gasteiger partial charge in [0.2, 0.25) is 0 Å². The molecule has 0 atom stereocenters. The number of aromatic nitrogens is 2. The van der Waals surface area contributed by atoms with Gasteiger partial charge in [0.05, 0.1) is 11.1 Å². The molecule has 0 aliphatic carbocycles. The van der Waals surface area contributed by atoms with Crippen LogP contribution in [-0.4, -0.2) is 24.5 Å². The summed E-state index contributed by atoms with van der Waals surface area (Å²) in [5.41, 5.74) is 8.27. The topological polar surface area (TPSA) is 78.0 Å². The third kappa shape index (κ3) is 2.11. The fourth-order valence-corrected chi connectivity index (χ4v) is 2.86. The first kappa shape index (κ1) is 12.6. The normalized spacial score (nSPS) is 11.7. The van der Waals surface area contributed by atoms with Gasteiger partial charge in [-0.05, 0) is 30.2 Å². The van der Waals surface area contributed by atoms with E-state index in [-0.39, 0.29) is 0 Å². The van der Waals surface area contributed by atoms with Crippen LogP contribution in [0.3, 0.4) is 0 Å². The molecule has 0 aliphatic rings. The van der Waals surface area contributed by atoms with Crippen molar-refractivity contribution in [1.29, 1.82) is 0 Å². The van der Waals surface area contributed by atoms with Crippen molar-refractivity contribution in [2.45, 2.75) is 11.8 Å². The number of nitrogens with zero attached hydrogens (tertiary/aromatic N) is 2. The van der Waals surface area contributed by atoms with Gasteiger partial charge in [-0.15, -0.1) is 0 Å². The number of benzene rings is 1. The van der Waals surface area contributed by atoms with Gasteiger partial charge < -0.3 is 5.73 Å². The first-order valence-corrected chi connectivity index (χ1v) is 7.28. The van der Waals surface area contributed by atoms with E-state index in [9.17, 15) is 8.42 Å². The lowest BCUT2D eigenvalue weighted by Gasteiger charge is -2.06.